The van der Waals surface area contributed by atoms with Gasteiger partial charge in [-0.1, -0.05) is 37.6 Å². The lowest BCUT2D eigenvalue weighted by atomic mass is 10.1. The maximum absolute atomic E-state index is 11.3. The fourth-order valence-electron chi connectivity index (χ4n) is 2.73. The van der Waals surface area contributed by atoms with Gasteiger partial charge in [0.2, 0.25) is 0 Å². The second-order valence-electron chi connectivity index (χ2n) is 6.25. The Morgan fingerprint density at radius 3 is 2.63 bits per heavy atom. The molecule has 0 radical (unpaired) electrons. The zero-order valence-electron chi connectivity index (χ0n) is 15.3. The molecule has 0 aliphatic carbocycles. The Balaban J connectivity index is 1.86. The standard InChI is InChI=1S/C19H20ClN5O2/c1-12(2)18-14(11-26)10-22-25(18)19-23-16(20)8-17(24-19)21-9-13-4-6-15(27-3)7-5-13/h4-8,10-12H,9H2,1-3H3,(H,21,23,24). The molecule has 0 aliphatic heterocycles. The van der Waals surface area contributed by atoms with Gasteiger partial charge in [-0.3, -0.25) is 4.79 Å². The highest BCUT2D eigenvalue weighted by Crippen LogP contribution is 2.22. The van der Waals surface area contributed by atoms with Crippen LogP contribution in [0.25, 0.3) is 5.95 Å². The van der Waals surface area contributed by atoms with Crippen molar-refractivity contribution in [3.63, 3.8) is 0 Å². The summed E-state index contributed by atoms with van der Waals surface area (Å²) in [7, 11) is 1.63. The van der Waals surface area contributed by atoms with Crippen LogP contribution in [0.2, 0.25) is 5.15 Å². The molecule has 0 amide bonds. The van der Waals surface area contributed by atoms with Crippen LogP contribution >= 0.6 is 11.6 Å². The predicted molar refractivity (Wildman–Crippen MR) is 104 cm³/mol. The minimum Gasteiger partial charge on any atom is -0.497 e. The molecule has 0 saturated heterocycles. The molecule has 8 heteroatoms. The molecule has 0 saturated carbocycles. The van der Waals surface area contributed by atoms with Crippen LogP contribution in [0.1, 0.15) is 41.4 Å². The molecule has 0 fully saturated rings. The molecule has 0 aliphatic rings. The lowest BCUT2D eigenvalue weighted by Gasteiger charge is -2.12. The van der Waals surface area contributed by atoms with Gasteiger partial charge in [0.15, 0.2) is 6.29 Å². The van der Waals surface area contributed by atoms with Gasteiger partial charge in [-0.05, 0) is 23.6 Å². The van der Waals surface area contributed by atoms with Crippen LogP contribution < -0.4 is 10.1 Å². The molecule has 1 aromatic carbocycles. The van der Waals surface area contributed by atoms with Crippen molar-refractivity contribution in [1.82, 2.24) is 19.7 Å². The van der Waals surface area contributed by atoms with E-state index in [0.29, 0.717) is 23.9 Å². The van der Waals surface area contributed by atoms with Gasteiger partial charge in [0.1, 0.15) is 16.7 Å². The summed E-state index contributed by atoms with van der Waals surface area (Å²) >= 11 is 6.18. The monoisotopic (exact) mass is 385 g/mol. The second kappa shape index (κ2) is 8.18. The normalized spacial score (nSPS) is 10.9. The maximum atomic E-state index is 11.3. The van der Waals surface area contributed by atoms with E-state index in [4.69, 9.17) is 16.3 Å². The number of halogens is 1. The Morgan fingerprint density at radius 2 is 2.00 bits per heavy atom. The van der Waals surface area contributed by atoms with Crippen molar-refractivity contribution < 1.29 is 9.53 Å². The van der Waals surface area contributed by atoms with E-state index in [1.54, 1.807) is 17.9 Å². The SMILES string of the molecule is COc1ccc(CNc2cc(Cl)nc(-n3ncc(C=O)c3C(C)C)n2)cc1. The number of hydrogen-bond acceptors (Lipinski definition) is 6. The number of ether oxygens (including phenoxy) is 1. The van der Waals surface area contributed by atoms with Crippen molar-refractivity contribution in [2.45, 2.75) is 26.3 Å². The largest absolute Gasteiger partial charge is 0.497 e. The molecule has 7 nitrogen and oxygen atoms in total. The Labute approximate surface area is 162 Å². The average molecular weight is 386 g/mol. The average Bonchev–Trinajstić information content (AvgIpc) is 3.11. The molecular weight excluding hydrogens is 366 g/mol. The lowest BCUT2D eigenvalue weighted by molar-refractivity contribution is 0.112. The number of anilines is 1. The molecule has 2 aromatic heterocycles. The first-order valence-electron chi connectivity index (χ1n) is 8.46. The molecule has 0 unspecified atom stereocenters. The van der Waals surface area contributed by atoms with E-state index in [-0.39, 0.29) is 11.1 Å². The minimum atomic E-state index is 0.0750. The fraction of sp³-hybridized carbons (Fsp3) is 0.263. The van der Waals surface area contributed by atoms with E-state index in [9.17, 15) is 4.79 Å². The van der Waals surface area contributed by atoms with Gasteiger partial charge in [0, 0.05) is 12.6 Å². The molecule has 27 heavy (non-hydrogen) atoms. The number of aromatic nitrogens is 4. The van der Waals surface area contributed by atoms with E-state index in [1.807, 2.05) is 38.1 Å². The molecule has 2 heterocycles. The first kappa shape index (κ1) is 18.8. The number of nitrogens with zero attached hydrogens (tertiary/aromatic N) is 4. The summed E-state index contributed by atoms with van der Waals surface area (Å²) in [6.07, 6.45) is 2.29. The zero-order valence-corrected chi connectivity index (χ0v) is 16.1. The van der Waals surface area contributed by atoms with Crippen LogP contribution in [0.3, 0.4) is 0 Å². The highest BCUT2D eigenvalue weighted by Gasteiger charge is 2.17. The number of aldehydes is 1. The summed E-state index contributed by atoms with van der Waals surface area (Å²) in [4.78, 5) is 20.0. The lowest BCUT2D eigenvalue weighted by Crippen LogP contribution is -2.11. The van der Waals surface area contributed by atoms with Crippen LogP contribution in [0.15, 0.2) is 36.5 Å². The van der Waals surface area contributed by atoms with Crippen LogP contribution in [-0.4, -0.2) is 33.1 Å². The van der Waals surface area contributed by atoms with E-state index >= 15 is 0 Å². The smallest absolute Gasteiger partial charge is 0.254 e. The Bertz CT molecular complexity index is 938. The third kappa shape index (κ3) is 4.25. The van der Waals surface area contributed by atoms with Crippen LogP contribution in [-0.2, 0) is 6.54 Å². The van der Waals surface area contributed by atoms with Crippen LogP contribution in [0.4, 0.5) is 5.82 Å². The van der Waals surface area contributed by atoms with Crippen molar-refractivity contribution in [1.29, 1.82) is 0 Å². The number of rotatable bonds is 7. The van der Waals surface area contributed by atoms with Crippen molar-refractivity contribution in [3.8, 4) is 11.7 Å². The molecule has 1 N–H and O–H groups in total. The first-order valence-corrected chi connectivity index (χ1v) is 8.84. The van der Waals surface area contributed by atoms with E-state index in [2.05, 4.69) is 20.4 Å². The number of methoxy groups -OCH3 is 1. The van der Waals surface area contributed by atoms with Gasteiger partial charge in [0.05, 0.1) is 24.6 Å². The number of nitrogens with one attached hydrogen (secondary N) is 1. The highest BCUT2D eigenvalue weighted by molar-refractivity contribution is 6.29. The predicted octanol–water partition coefficient (Wildman–Crippen LogP) is 3.87. The number of benzene rings is 1. The summed E-state index contributed by atoms with van der Waals surface area (Å²) in [5.74, 6) is 1.76. The quantitative estimate of drug-likeness (QED) is 0.491. The van der Waals surface area contributed by atoms with Gasteiger partial charge in [0.25, 0.3) is 5.95 Å². The van der Waals surface area contributed by atoms with E-state index in [1.165, 1.54) is 6.20 Å². The van der Waals surface area contributed by atoms with Gasteiger partial charge < -0.3 is 10.1 Å². The van der Waals surface area contributed by atoms with E-state index in [0.717, 1.165) is 23.3 Å². The molecule has 0 atom stereocenters. The number of carbonyl (C=O) groups excluding carboxylic acids is 1. The number of carbonyl (C=O) groups is 1. The zero-order chi connectivity index (χ0) is 19.4. The van der Waals surface area contributed by atoms with Crippen molar-refractivity contribution in [2.24, 2.45) is 0 Å². The van der Waals surface area contributed by atoms with Crippen LogP contribution in [0.5, 0.6) is 5.75 Å². The van der Waals surface area contributed by atoms with Crippen LogP contribution in [0, 0.1) is 0 Å². The van der Waals surface area contributed by atoms with Gasteiger partial charge in [-0.2, -0.15) is 15.1 Å². The Kier molecular flexibility index (Phi) is 5.71. The third-order valence-corrected chi connectivity index (χ3v) is 4.21. The molecule has 3 rings (SSSR count). The topological polar surface area (TPSA) is 81.9 Å². The Morgan fingerprint density at radius 1 is 1.26 bits per heavy atom. The summed E-state index contributed by atoms with van der Waals surface area (Å²) in [6.45, 7) is 4.52. The highest BCUT2D eigenvalue weighted by atomic mass is 35.5. The van der Waals surface area contributed by atoms with Gasteiger partial charge in [-0.25, -0.2) is 4.68 Å². The van der Waals surface area contributed by atoms with Crippen molar-refractivity contribution in [3.05, 3.63) is 58.5 Å². The molecule has 3 aromatic rings. The van der Waals surface area contributed by atoms with Gasteiger partial charge >= 0.3 is 0 Å². The second-order valence-corrected chi connectivity index (χ2v) is 6.63. The molecule has 0 bridgehead atoms. The summed E-state index contributed by atoms with van der Waals surface area (Å²) < 4.78 is 6.72. The molecule has 140 valence electrons. The van der Waals surface area contributed by atoms with Crippen molar-refractivity contribution in [2.75, 3.05) is 12.4 Å². The molecular formula is C19H20ClN5O2. The third-order valence-electron chi connectivity index (χ3n) is 4.02. The number of hydrogen-bond donors (Lipinski definition) is 1. The summed E-state index contributed by atoms with van der Waals surface area (Å²) in [6, 6.07) is 9.38. The molecule has 0 spiro atoms. The summed E-state index contributed by atoms with van der Waals surface area (Å²) in [5.41, 5.74) is 2.33. The maximum Gasteiger partial charge on any atom is 0.254 e. The summed E-state index contributed by atoms with van der Waals surface area (Å²) in [5, 5.41) is 7.78. The minimum absolute atomic E-state index is 0.0750. The fourth-order valence-corrected chi connectivity index (χ4v) is 2.90. The van der Waals surface area contributed by atoms with Gasteiger partial charge in [-0.15, -0.1) is 0 Å². The van der Waals surface area contributed by atoms with E-state index < -0.39 is 0 Å². The first-order chi connectivity index (χ1) is 13.0. The Hall–Kier alpha value is -2.93. The van der Waals surface area contributed by atoms with Crippen molar-refractivity contribution >= 4 is 23.7 Å².